The number of carbonyl (C=O) groups excluding carboxylic acids is 2. The largest absolute Gasteiger partial charge is 0.384 e. The molecule has 0 saturated carbocycles. The number of amides is 2. The van der Waals surface area contributed by atoms with Crippen molar-refractivity contribution in [3.63, 3.8) is 0 Å². The molecule has 0 atom stereocenters. The maximum Gasteiger partial charge on any atom is 0.271 e. The highest BCUT2D eigenvalue weighted by atomic mass is 16.2. The summed E-state index contributed by atoms with van der Waals surface area (Å²) in [6.07, 6.45) is 1.46. The van der Waals surface area contributed by atoms with Gasteiger partial charge >= 0.3 is 0 Å². The monoisotopic (exact) mass is 261 g/mol. The predicted octanol–water partition coefficient (Wildman–Crippen LogP) is -0.709. The van der Waals surface area contributed by atoms with Gasteiger partial charge in [-0.3, -0.25) is 9.59 Å². The second-order valence-electron chi connectivity index (χ2n) is 3.50. The molecule has 100 valence electrons. The molecular formula is C13H15N3O3. The van der Waals surface area contributed by atoms with Crippen LogP contribution in [0.1, 0.15) is 23.0 Å². The van der Waals surface area contributed by atoms with Crippen LogP contribution >= 0.6 is 0 Å². The molecule has 1 heterocycles. The lowest BCUT2D eigenvalue weighted by Crippen LogP contribution is -2.37. The van der Waals surface area contributed by atoms with Gasteiger partial charge in [0.1, 0.15) is 12.3 Å². The maximum atomic E-state index is 11.9. The number of nitrogens with zero attached hydrogens (tertiary/aromatic N) is 1. The van der Waals surface area contributed by atoms with Gasteiger partial charge in [0.25, 0.3) is 5.91 Å². The zero-order valence-corrected chi connectivity index (χ0v) is 10.6. The Bertz CT molecular complexity index is 517. The third kappa shape index (κ3) is 4.77. The Labute approximate surface area is 111 Å². The van der Waals surface area contributed by atoms with Gasteiger partial charge in [-0.2, -0.15) is 0 Å². The third-order valence-electron chi connectivity index (χ3n) is 2.11. The summed E-state index contributed by atoms with van der Waals surface area (Å²) in [6, 6.07) is 3.26. The van der Waals surface area contributed by atoms with Crippen molar-refractivity contribution >= 4 is 11.8 Å². The molecule has 1 aromatic heterocycles. The fraction of sp³-hybridized carbons (Fsp3) is 0.308. The van der Waals surface area contributed by atoms with Gasteiger partial charge in [-0.1, -0.05) is 11.8 Å². The molecule has 1 aromatic rings. The number of pyridine rings is 1. The first-order chi connectivity index (χ1) is 9.19. The Balaban J connectivity index is 2.74. The first kappa shape index (κ1) is 14.7. The van der Waals surface area contributed by atoms with E-state index in [1.54, 1.807) is 19.1 Å². The van der Waals surface area contributed by atoms with E-state index in [0.717, 1.165) is 0 Å². The summed E-state index contributed by atoms with van der Waals surface area (Å²) in [6.45, 7) is 1.89. The van der Waals surface area contributed by atoms with Gasteiger partial charge in [-0.25, -0.2) is 4.98 Å². The normalized spacial score (nSPS) is 9.16. The van der Waals surface area contributed by atoms with Crippen molar-refractivity contribution in [3.05, 3.63) is 29.6 Å². The Kier molecular flexibility index (Phi) is 6.06. The molecule has 6 heteroatoms. The second kappa shape index (κ2) is 7.84. The van der Waals surface area contributed by atoms with Crippen molar-refractivity contribution in [2.24, 2.45) is 0 Å². The van der Waals surface area contributed by atoms with Gasteiger partial charge in [-0.15, -0.1) is 0 Å². The highest BCUT2D eigenvalue weighted by molar-refractivity contribution is 5.96. The van der Waals surface area contributed by atoms with E-state index in [4.69, 9.17) is 5.11 Å². The molecule has 0 saturated heterocycles. The molecule has 0 aliphatic heterocycles. The van der Waals surface area contributed by atoms with Crippen LogP contribution < -0.4 is 10.6 Å². The van der Waals surface area contributed by atoms with Gasteiger partial charge in [0.05, 0.1) is 12.1 Å². The van der Waals surface area contributed by atoms with E-state index in [1.807, 2.05) is 0 Å². The average molecular weight is 261 g/mol. The summed E-state index contributed by atoms with van der Waals surface area (Å²) in [7, 11) is 0. The number of aliphatic hydroxyl groups excluding tert-OH is 1. The second-order valence-corrected chi connectivity index (χ2v) is 3.50. The van der Waals surface area contributed by atoms with E-state index in [-0.39, 0.29) is 24.8 Å². The van der Waals surface area contributed by atoms with Crippen molar-refractivity contribution in [3.8, 4) is 11.8 Å². The molecule has 0 aliphatic carbocycles. The van der Waals surface area contributed by atoms with E-state index >= 15 is 0 Å². The van der Waals surface area contributed by atoms with E-state index in [1.165, 1.54) is 6.20 Å². The van der Waals surface area contributed by atoms with Crippen molar-refractivity contribution in [1.82, 2.24) is 15.6 Å². The number of hydrogen-bond acceptors (Lipinski definition) is 4. The number of aromatic nitrogens is 1. The van der Waals surface area contributed by atoms with Gasteiger partial charge in [-0.05, 0) is 19.1 Å². The lowest BCUT2D eigenvalue weighted by atomic mass is 10.2. The van der Waals surface area contributed by atoms with E-state index in [2.05, 4.69) is 27.5 Å². The zero-order chi connectivity index (χ0) is 14.1. The van der Waals surface area contributed by atoms with Crippen LogP contribution in [0.2, 0.25) is 0 Å². The lowest BCUT2D eigenvalue weighted by molar-refractivity contribution is -0.120. The molecule has 0 fully saturated rings. The SMILES string of the molecule is CCNC(=O)CNC(=O)c1ncccc1C#CCO. The molecule has 3 N–H and O–H groups in total. The molecule has 0 aromatic carbocycles. The summed E-state index contributed by atoms with van der Waals surface area (Å²) in [5.74, 6) is 4.34. The Morgan fingerprint density at radius 1 is 1.42 bits per heavy atom. The quantitative estimate of drug-likeness (QED) is 0.624. The van der Waals surface area contributed by atoms with E-state index < -0.39 is 5.91 Å². The molecule has 0 spiro atoms. The van der Waals surface area contributed by atoms with E-state index in [0.29, 0.717) is 12.1 Å². The molecule has 19 heavy (non-hydrogen) atoms. The smallest absolute Gasteiger partial charge is 0.271 e. The molecule has 0 bridgehead atoms. The maximum absolute atomic E-state index is 11.9. The highest BCUT2D eigenvalue weighted by Gasteiger charge is 2.12. The van der Waals surface area contributed by atoms with Crippen LogP contribution in [-0.4, -0.2) is 41.6 Å². The molecule has 0 aliphatic rings. The van der Waals surface area contributed by atoms with Crippen LogP contribution in [0.5, 0.6) is 0 Å². The zero-order valence-electron chi connectivity index (χ0n) is 10.6. The minimum Gasteiger partial charge on any atom is -0.384 e. The van der Waals surface area contributed by atoms with Crippen LogP contribution in [0.4, 0.5) is 0 Å². The standard InChI is InChI=1S/C13H15N3O3/c1-2-14-11(18)9-16-13(19)12-10(6-4-8-17)5-3-7-15-12/h3,5,7,17H,2,8-9H2,1H3,(H,14,18)(H,16,19). The van der Waals surface area contributed by atoms with Crippen molar-refractivity contribution in [1.29, 1.82) is 0 Å². The first-order valence-corrected chi connectivity index (χ1v) is 5.78. The van der Waals surface area contributed by atoms with Gasteiger partial charge in [0, 0.05) is 12.7 Å². The third-order valence-corrected chi connectivity index (χ3v) is 2.11. The summed E-state index contributed by atoms with van der Waals surface area (Å²) >= 11 is 0. The summed E-state index contributed by atoms with van der Waals surface area (Å²) in [5, 5.41) is 13.7. The number of likely N-dealkylation sites (N-methyl/N-ethyl adjacent to an activating group) is 1. The Morgan fingerprint density at radius 3 is 2.89 bits per heavy atom. The molecule has 1 rings (SSSR count). The predicted molar refractivity (Wildman–Crippen MR) is 69.2 cm³/mol. The van der Waals surface area contributed by atoms with Crippen LogP contribution in [0.3, 0.4) is 0 Å². The average Bonchev–Trinajstić information content (AvgIpc) is 2.43. The molecule has 0 radical (unpaired) electrons. The highest BCUT2D eigenvalue weighted by Crippen LogP contribution is 2.03. The van der Waals surface area contributed by atoms with Gasteiger partial charge in [0.2, 0.25) is 5.91 Å². The number of carbonyl (C=O) groups is 2. The lowest BCUT2D eigenvalue weighted by Gasteiger charge is -2.06. The minimum absolute atomic E-state index is 0.115. The Morgan fingerprint density at radius 2 is 2.21 bits per heavy atom. The summed E-state index contributed by atoms with van der Waals surface area (Å²) < 4.78 is 0. The summed E-state index contributed by atoms with van der Waals surface area (Å²) in [5.41, 5.74) is 0.540. The van der Waals surface area contributed by atoms with Crippen LogP contribution in [-0.2, 0) is 4.79 Å². The number of aliphatic hydroxyl groups is 1. The first-order valence-electron chi connectivity index (χ1n) is 5.78. The van der Waals surface area contributed by atoms with Gasteiger partial charge < -0.3 is 15.7 Å². The Hall–Kier alpha value is -2.39. The number of rotatable bonds is 4. The number of hydrogen-bond donors (Lipinski definition) is 3. The minimum atomic E-state index is -0.478. The van der Waals surface area contributed by atoms with Crippen LogP contribution in [0, 0.1) is 11.8 Å². The van der Waals surface area contributed by atoms with Crippen LogP contribution in [0.25, 0.3) is 0 Å². The van der Waals surface area contributed by atoms with Gasteiger partial charge in [0.15, 0.2) is 0 Å². The fourth-order valence-corrected chi connectivity index (χ4v) is 1.33. The summed E-state index contributed by atoms with van der Waals surface area (Å²) in [4.78, 5) is 27.0. The van der Waals surface area contributed by atoms with Crippen molar-refractivity contribution in [2.75, 3.05) is 19.7 Å². The van der Waals surface area contributed by atoms with Crippen molar-refractivity contribution < 1.29 is 14.7 Å². The topological polar surface area (TPSA) is 91.3 Å². The molecular weight excluding hydrogens is 246 g/mol. The van der Waals surface area contributed by atoms with Crippen LogP contribution in [0.15, 0.2) is 18.3 Å². The molecule has 2 amide bonds. The molecule has 6 nitrogen and oxygen atoms in total. The fourth-order valence-electron chi connectivity index (χ4n) is 1.33. The number of nitrogens with one attached hydrogen (secondary N) is 2. The molecule has 0 unspecified atom stereocenters. The van der Waals surface area contributed by atoms with E-state index in [9.17, 15) is 9.59 Å². The van der Waals surface area contributed by atoms with Crippen molar-refractivity contribution in [2.45, 2.75) is 6.92 Å².